The topological polar surface area (TPSA) is 81.5 Å². The molecule has 68 valence electrons. The highest BCUT2D eigenvalue weighted by atomic mass is 16.6. The van der Waals surface area contributed by atoms with Crippen molar-refractivity contribution in [3.05, 3.63) is 39.4 Å². The number of hydrogen-bond donors (Lipinski definition) is 1. The number of non-ortho nitro benzene ring substituents is 1. The van der Waals surface area contributed by atoms with Crippen LogP contribution in [0.2, 0.25) is 0 Å². The van der Waals surface area contributed by atoms with Gasteiger partial charge in [0.15, 0.2) is 0 Å². The van der Waals surface area contributed by atoms with Crippen molar-refractivity contribution in [1.29, 1.82) is 0 Å². The van der Waals surface area contributed by atoms with Crippen LogP contribution >= 0.6 is 0 Å². The van der Waals surface area contributed by atoms with Gasteiger partial charge in [-0.3, -0.25) is 10.1 Å². The van der Waals surface area contributed by atoms with Crippen molar-refractivity contribution < 1.29 is 4.92 Å². The molecule has 0 amide bonds. The predicted octanol–water partition coefficient (Wildman–Crippen LogP) is 1.20. The van der Waals surface area contributed by atoms with E-state index in [2.05, 4.69) is 5.10 Å². The van der Waals surface area contributed by atoms with Gasteiger partial charge in [-0.1, -0.05) is 6.07 Å². The Morgan fingerprint density at radius 1 is 1.62 bits per heavy atom. The molecule has 0 atom stereocenters. The molecule has 0 aliphatic heterocycles. The molecule has 0 saturated heterocycles. The molecule has 2 N–H and O–H groups in total. The van der Waals surface area contributed by atoms with Gasteiger partial charge in [0.2, 0.25) is 0 Å². The standard InChI is InChI=1S/C8H9N3O2/c1-6-2-3-8(11(12)13)4-7(6)5-10-9/h2-5H,9H2,1H3. The first-order valence-electron chi connectivity index (χ1n) is 3.63. The van der Waals surface area contributed by atoms with Gasteiger partial charge in [-0.05, 0) is 12.5 Å². The van der Waals surface area contributed by atoms with E-state index in [0.29, 0.717) is 5.56 Å². The third-order valence-corrected chi connectivity index (χ3v) is 1.69. The average molecular weight is 179 g/mol. The van der Waals surface area contributed by atoms with E-state index in [1.807, 2.05) is 6.92 Å². The maximum atomic E-state index is 10.4. The van der Waals surface area contributed by atoms with Gasteiger partial charge in [0.1, 0.15) is 0 Å². The second-order valence-electron chi connectivity index (χ2n) is 2.58. The van der Waals surface area contributed by atoms with E-state index in [-0.39, 0.29) is 5.69 Å². The summed E-state index contributed by atoms with van der Waals surface area (Å²) in [6.45, 7) is 1.83. The van der Waals surface area contributed by atoms with Crippen LogP contribution in [0.3, 0.4) is 0 Å². The first kappa shape index (κ1) is 9.18. The number of hydrogen-bond acceptors (Lipinski definition) is 4. The van der Waals surface area contributed by atoms with Gasteiger partial charge < -0.3 is 5.84 Å². The lowest BCUT2D eigenvalue weighted by Crippen LogP contribution is -1.94. The van der Waals surface area contributed by atoms with Gasteiger partial charge in [-0.25, -0.2) is 0 Å². The number of aryl methyl sites for hydroxylation is 1. The fourth-order valence-electron chi connectivity index (χ4n) is 0.961. The minimum atomic E-state index is -0.451. The van der Waals surface area contributed by atoms with Crippen LogP contribution in [-0.2, 0) is 0 Å². The first-order valence-corrected chi connectivity index (χ1v) is 3.63. The van der Waals surface area contributed by atoms with Crippen molar-refractivity contribution in [1.82, 2.24) is 0 Å². The molecule has 0 fully saturated rings. The number of benzene rings is 1. The molecule has 0 heterocycles. The SMILES string of the molecule is Cc1ccc([N+](=O)[O-])cc1C=NN. The fourth-order valence-corrected chi connectivity index (χ4v) is 0.961. The number of rotatable bonds is 2. The van der Waals surface area contributed by atoms with Crippen LogP contribution in [0.1, 0.15) is 11.1 Å². The highest BCUT2D eigenvalue weighted by molar-refractivity contribution is 5.82. The van der Waals surface area contributed by atoms with E-state index >= 15 is 0 Å². The Labute approximate surface area is 75.0 Å². The van der Waals surface area contributed by atoms with Crippen molar-refractivity contribution in [2.24, 2.45) is 10.9 Å². The molecule has 0 aliphatic rings. The molecule has 1 aromatic rings. The Kier molecular flexibility index (Phi) is 2.59. The van der Waals surface area contributed by atoms with Gasteiger partial charge >= 0.3 is 0 Å². The van der Waals surface area contributed by atoms with Crippen molar-refractivity contribution in [3.8, 4) is 0 Å². The van der Waals surface area contributed by atoms with Crippen molar-refractivity contribution in [2.75, 3.05) is 0 Å². The molecular weight excluding hydrogens is 170 g/mol. The molecule has 0 radical (unpaired) electrons. The monoisotopic (exact) mass is 179 g/mol. The van der Waals surface area contributed by atoms with Crippen LogP contribution in [0.15, 0.2) is 23.3 Å². The van der Waals surface area contributed by atoms with Gasteiger partial charge in [-0.2, -0.15) is 5.10 Å². The lowest BCUT2D eigenvalue weighted by molar-refractivity contribution is -0.384. The molecule has 0 spiro atoms. The third kappa shape index (κ3) is 2.02. The van der Waals surface area contributed by atoms with Gasteiger partial charge in [-0.15, -0.1) is 0 Å². The third-order valence-electron chi connectivity index (χ3n) is 1.69. The Morgan fingerprint density at radius 3 is 2.85 bits per heavy atom. The van der Waals surface area contributed by atoms with Crippen LogP contribution in [0, 0.1) is 17.0 Å². The summed E-state index contributed by atoms with van der Waals surface area (Å²) in [5.41, 5.74) is 1.61. The smallest absolute Gasteiger partial charge is 0.270 e. The summed E-state index contributed by atoms with van der Waals surface area (Å²) in [6.07, 6.45) is 1.39. The lowest BCUT2D eigenvalue weighted by Gasteiger charge is -1.98. The summed E-state index contributed by atoms with van der Waals surface area (Å²) in [6, 6.07) is 4.55. The van der Waals surface area contributed by atoms with Gasteiger partial charge in [0.25, 0.3) is 5.69 Å². The van der Waals surface area contributed by atoms with E-state index < -0.39 is 4.92 Å². The first-order chi connectivity index (χ1) is 6.15. The number of nitrogens with zero attached hydrogens (tertiary/aromatic N) is 2. The lowest BCUT2D eigenvalue weighted by atomic mass is 10.1. The quantitative estimate of drug-likeness (QED) is 0.320. The van der Waals surface area contributed by atoms with Crippen LogP contribution in [-0.4, -0.2) is 11.1 Å². The molecule has 5 nitrogen and oxygen atoms in total. The second-order valence-corrected chi connectivity index (χ2v) is 2.58. The maximum Gasteiger partial charge on any atom is 0.270 e. The molecule has 1 aromatic carbocycles. The van der Waals surface area contributed by atoms with Crippen molar-refractivity contribution in [2.45, 2.75) is 6.92 Å². The Balaban J connectivity index is 3.18. The largest absolute Gasteiger partial charge is 0.323 e. The molecule has 5 heteroatoms. The minimum Gasteiger partial charge on any atom is -0.323 e. The highest BCUT2D eigenvalue weighted by Gasteiger charge is 2.06. The summed E-state index contributed by atoms with van der Waals surface area (Å²) in [5, 5.41) is 13.7. The van der Waals surface area contributed by atoms with Crippen LogP contribution in [0.25, 0.3) is 0 Å². The minimum absolute atomic E-state index is 0.0421. The van der Waals surface area contributed by atoms with Gasteiger partial charge in [0, 0.05) is 17.7 Å². The molecule has 0 aromatic heterocycles. The van der Waals surface area contributed by atoms with Crippen LogP contribution in [0.5, 0.6) is 0 Å². The number of hydrazone groups is 1. The molecule has 0 aliphatic carbocycles. The second kappa shape index (κ2) is 3.66. The van der Waals surface area contributed by atoms with Gasteiger partial charge in [0.05, 0.1) is 11.1 Å². The summed E-state index contributed by atoms with van der Waals surface area (Å²) >= 11 is 0. The zero-order valence-electron chi connectivity index (χ0n) is 7.10. The van der Waals surface area contributed by atoms with Crippen LogP contribution in [0.4, 0.5) is 5.69 Å². The summed E-state index contributed by atoms with van der Waals surface area (Å²) < 4.78 is 0. The molecule has 1 rings (SSSR count). The molecule has 0 bridgehead atoms. The number of nitro benzene ring substituents is 1. The normalized spacial score (nSPS) is 10.5. The Morgan fingerprint density at radius 2 is 2.31 bits per heavy atom. The Hall–Kier alpha value is -1.91. The van der Waals surface area contributed by atoms with E-state index in [9.17, 15) is 10.1 Å². The maximum absolute atomic E-state index is 10.4. The summed E-state index contributed by atoms with van der Waals surface area (Å²) in [7, 11) is 0. The molecule has 0 saturated carbocycles. The van der Waals surface area contributed by atoms with Crippen molar-refractivity contribution >= 4 is 11.9 Å². The number of nitrogens with two attached hydrogens (primary N) is 1. The molecule has 13 heavy (non-hydrogen) atoms. The van der Waals surface area contributed by atoms with Crippen molar-refractivity contribution in [3.63, 3.8) is 0 Å². The van der Waals surface area contributed by atoms with E-state index in [1.54, 1.807) is 6.07 Å². The number of nitro groups is 1. The van der Waals surface area contributed by atoms with E-state index in [4.69, 9.17) is 5.84 Å². The summed E-state index contributed by atoms with van der Waals surface area (Å²) in [4.78, 5) is 9.95. The van der Waals surface area contributed by atoms with E-state index in [1.165, 1.54) is 18.3 Å². The highest BCUT2D eigenvalue weighted by Crippen LogP contribution is 2.15. The van der Waals surface area contributed by atoms with E-state index in [0.717, 1.165) is 5.56 Å². The molecule has 0 unspecified atom stereocenters. The zero-order valence-corrected chi connectivity index (χ0v) is 7.10. The molecular formula is C8H9N3O2. The predicted molar refractivity (Wildman–Crippen MR) is 49.6 cm³/mol. The average Bonchev–Trinajstić information content (AvgIpc) is 2.08. The zero-order chi connectivity index (χ0) is 9.84. The summed E-state index contributed by atoms with van der Waals surface area (Å²) in [5.74, 6) is 4.96. The fraction of sp³-hybridized carbons (Fsp3) is 0.125. The Bertz CT molecular complexity index is 360. The van der Waals surface area contributed by atoms with Crippen LogP contribution < -0.4 is 5.84 Å².